The van der Waals surface area contributed by atoms with E-state index in [2.05, 4.69) is 4.72 Å². The molecule has 0 saturated carbocycles. The van der Waals surface area contributed by atoms with E-state index in [1.165, 1.54) is 23.1 Å². The molecule has 8 heteroatoms. The Morgan fingerprint density at radius 3 is 2.76 bits per heavy atom. The number of benzene rings is 1. The lowest BCUT2D eigenvalue weighted by molar-refractivity contribution is 0.0996. The minimum Gasteiger partial charge on any atom is -0.493 e. The van der Waals surface area contributed by atoms with E-state index >= 15 is 0 Å². The van der Waals surface area contributed by atoms with E-state index in [1.54, 1.807) is 11.3 Å². The first kappa shape index (κ1) is 19.4. The zero-order chi connectivity index (χ0) is 18.3. The van der Waals surface area contributed by atoms with Crippen LogP contribution in [0.1, 0.15) is 35.0 Å². The van der Waals surface area contributed by atoms with Crippen molar-refractivity contribution in [2.24, 2.45) is 5.73 Å². The second kappa shape index (κ2) is 8.98. The Hall–Kier alpha value is -1.90. The lowest BCUT2D eigenvalue weighted by Gasteiger charge is -2.11. The van der Waals surface area contributed by atoms with Gasteiger partial charge >= 0.3 is 0 Å². The zero-order valence-corrected chi connectivity index (χ0v) is 15.7. The van der Waals surface area contributed by atoms with Gasteiger partial charge in [-0.15, -0.1) is 11.3 Å². The van der Waals surface area contributed by atoms with Gasteiger partial charge in [0.2, 0.25) is 10.0 Å². The molecule has 3 N–H and O–H groups in total. The Kier molecular flexibility index (Phi) is 6.98. The van der Waals surface area contributed by atoms with Crippen molar-refractivity contribution in [1.82, 2.24) is 4.72 Å². The minimum absolute atomic E-state index is 0.00118. The van der Waals surface area contributed by atoms with Gasteiger partial charge in [0.15, 0.2) is 0 Å². The summed E-state index contributed by atoms with van der Waals surface area (Å²) in [5.74, 6) is -0.424. The highest BCUT2D eigenvalue weighted by atomic mass is 32.2. The summed E-state index contributed by atoms with van der Waals surface area (Å²) in [6, 6.07) is 8.13. The van der Waals surface area contributed by atoms with Crippen molar-refractivity contribution in [3.8, 4) is 5.75 Å². The Bertz CT molecular complexity index is 802. The Balaban J connectivity index is 2.04. The van der Waals surface area contributed by atoms with Crippen molar-refractivity contribution in [2.75, 3.05) is 13.2 Å². The van der Waals surface area contributed by atoms with Crippen LogP contribution in [0.15, 0.2) is 40.6 Å². The van der Waals surface area contributed by atoms with Crippen molar-refractivity contribution in [3.05, 3.63) is 46.2 Å². The number of carbonyl (C=O) groups is 1. The summed E-state index contributed by atoms with van der Waals surface area (Å²) in [6.07, 6.45) is 2.28. The first-order chi connectivity index (χ1) is 11.9. The first-order valence-corrected chi connectivity index (χ1v) is 10.4. The number of carbonyl (C=O) groups excluding carboxylic acids is 1. The van der Waals surface area contributed by atoms with Gasteiger partial charge < -0.3 is 10.5 Å². The average molecular weight is 383 g/mol. The Labute approximate surface area is 152 Å². The van der Waals surface area contributed by atoms with E-state index in [9.17, 15) is 13.2 Å². The summed E-state index contributed by atoms with van der Waals surface area (Å²) in [4.78, 5) is 12.8. The van der Waals surface area contributed by atoms with Gasteiger partial charge in [0.25, 0.3) is 5.91 Å². The van der Waals surface area contributed by atoms with Crippen LogP contribution in [-0.4, -0.2) is 27.5 Å². The third kappa shape index (κ3) is 5.55. The molecule has 0 spiro atoms. The van der Waals surface area contributed by atoms with Crippen molar-refractivity contribution in [1.29, 1.82) is 0 Å². The number of nitrogens with two attached hydrogens (primary N) is 1. The van der Waals surface area contributed by atoms with Gasteiger partial charge in [0.05, 0.1) is 17.1 Å². The van der Waals surface area contributed by atoms with Crippen LogP contribution >= 0.6 is 11.3 Å². The predicted octanol–water partition coefficient (Wildman–Crippen LogP) is 2.55. The molecule has 0 aliphatic heterocycles. The first-order valence-electron chi connectivity index (χ1n) is 8.02. The fraction of sp³-hybridized carbons (Fsp3) is 0.353. The maximum atomic E-state index is 12.4. The molecule has 6 nitrogen and oxygen atoms in total. The van der Waals surface area contributed by atoms with Crippen molar-refractivity contribution < 1.29 is 17.9 Å². The number of sulfonamides is 1. The van der Waals surface area contributed by atoms with Gasteiger partial charge in [0, 0.05) is 11.4 Å². The van der Waals surface area contributed by atoms with Crippen LogP contribution in [0.5, 0.6) is 5.75 Å². The minimum atomic E-state index is -3.70. The molecule has 25 heavy (non-hydrogen) atoms. The Morgan fingerprint density at radius 1 is 1.32 bits per heavy atom. The summed E-state index contributed by atoms with van der Waals surface area (Å²) in [6.45, 7) is 2.68. The van der Waals surface area contributed by atoms with Gasteiger partial charge in [0.1, 0.15) is 5.75 Å². The SMILES string of the molecule is CCCOc1ccc(S(=O)(=O)NCCCc2cccs2)cc1C(N)=O. The molecule has 2 aromatic rings. The monoisotopic (exact) mass is 382 g/mol. The normalized spacial score (nSPS) is 11.4. The molecule has 0 aliphatic rings. The molecule has 0 radical (unpaired) electrons. The lowest BCUT2D eigenvalue weighted by atomic mass is 10.2. The second-order valence-corrected chi connectivity index (χ2v) is 8.25. The molecule has 1 aromatic heterocycles. The molecule has 0 unspecified atom stereocenters. The van der Waals surface area contributed by atoms with Gasteiger partial charge in [-0.1, -0.05) is 13.0 Å². The van der Waals surface area contributed by atoms with E-state index < -0.39 is 15.9 Å². The molecule has 1 heterocycles. The molecule has 1 aromatic carbocycles. The van der Waals surface area contributed by atoms with Gasteiger partial charge in [-0.2, -0.15) is 0 Å². The fourth-order valence-corrected chi connectivity index (χ4v) is 4.07. The zero-order valence-electron chi connectivity index (χ0n) is 14.0. The maximum absolute atomic E-state index is 12.4. The maximum Gasteiger partial charge on any atom is 0.252 e. The van der Waals surface area contributed by atoms with Crippen LogP contribution in [0, 0.1) is 0 Å². The molecule has 0 aliphatic carbocycles. The topological polar surface area (TPSA) is 98.5 Å². The Morgan fingerprint density at radius 2 is 2.12 bits per heavy atom. The molecule has 0 bridgehead atoms. The highest BCUT2D eigenvalue weighted by Crippen LogP contribution is 2.22. The summed E-state index contributed by atoms with van der Waals surface area (Å²) in [5.41, 5.74) is 5.41. The van der Waals surface area contributed by atoms with Gasteiger partial charge in [-0.25, -0.2) is 13.1 Å². The molecule has 0 fully saturated rings. The standard InChI is InChI=1S/C17H22N2O4S2/c1-2-10-23-16-8-7-14(12-15(16)17(18)20)25(21,22)19-9-3-5-13-6-4-11-24-13/h4,6-8,11-12,19H,2-3,5,9-10H2,1H3,(H2,18,20). The molecular weight excluding hydrogens is 360 g/mol. The number of thiophene rings is 1. The molecular formula is C17H22N2O4S2. The third-order valence-electron chi connectivity index (χ3n) is 3.46. The predicted molar refractivity (Wildman–Crippen MR) is 98.6 cm³/mol. The summed E-state index contributed by atoms with van der Waals surface area (Å²) < 4.78 is 32.8. The van der Waals surface area contributed by atoms with E-state index in [4.69, 9.17) is 10.5 Å². The van der Waals surface area contributed by atoms with E-state index in [0.717, 1.165) is 12.8 Å². The largest absolute Gasteiger partial charge is 0.493 e. The van der Waals surface area contributed by atoms with Crippen molar-refractivity contribution in [3.63, 3.8) is 0 Å². The third-order valence-corrected chi connectivity index (χ3v) is 5.86. The van der Waals surface area contributed by atoms with Gasteiger partial charge in [-0.05, 0) is 48.9 Å². The number of hydrogen-bond acceptors (Lipinski definition) is 5. The van der Waals surface area contributed by atoms with Crippen LogP contribution in [0.25, 0.3) is 0 Å². The highest BCUT2D eigenvalue weighted by molar-refractivity contribution is 7.89. The smallest absolute Gasteiger partial charge is 0.252 e. The number of primary amides is 1. The lowest BCUT2D eigenvalue weighted by Crippen LogP contribution is -2.25. The van der Waals surface area contributed by atoms with Crippen LogP contribution in [0.3, 0.4) is 0 Å². The van der Waals surface area contributed by atoms with Gasteiger partial charge in [-0.3, -0.25) is 4.79 Å². The summed E-state index contributed by atoms with van der Waals surface area (Å²) in [5, 5.41) is 1.99. The van der Waals surface area contributed by atoms with Crippen molar-refractivity contribution in [2.45, 2.75) is 31.1 Å². The summed E-state index contributed by atoms with van der Waals surface area (Å²) >= 11 is 1.65. The summed E-state index contributed by atoms with van der Waals surface area (Å²) in [7, 11) is -3.70. The average Bonchev–Trinajstić information content (AvgIpc) is 3.10. The number of nitrogens with one attached hydrogen (secondary N) is 1. The number of hydrogen-bond donors (Lipinski definition) is 2. The molecule has 136 valence electrons. The highest BCUT2D eigenvalue weighted by Gasteiger charge is 2.18. The molecule has 1 amide bonds. The number of rotatable bonds is 10. The molecule has 2 rings (SSSR count). The quantitative estimate of drug-likeness (QED) is 0.617. The van der Waals surface area contributed by atoms with E-state index in [0.29, 0.717) is 25.3 Å². The van der Waals surface area contributed by atoms with Crippen LogP contribution in [-0.2, 0) is 16.4 Å². The van der Waals surface area contributed by atoms with E-state index in [1.807, 2.05) is 24.4 Å². The van der Waals surface area contributed by atoms with Crippen LogP contribution in [0.2, 0.25) is 0 Å². The number of ether oxygens (including phenoxy) is 1. The van der Waals surface area contributed by atoms with Crippen molar-refractivity contribution >= 4 is 27.3 Å². The van der Waals surface area contributed by atoms with Crippen LogP contribution in [0.4, 0.5) is 0 Å². The molecule has 0 saturated heterocycles. The van der Waals surface area contributed by atoms with E-state index in [-0.39, 0.29) is 10.5 Å². The van der Waals surface area contributed by atoms with Crippen LogP contribution < -0.4 is 15.2 Å². The number of amides is 1. The molecule has 0 atom stereocenters. The fourth-order valence-electron chi connectivity index (χ4n) is 2.21. The number of aryl methyl sites for hydroxylation is 1. The second-order valence-electron chi connectivity index (χ2n) is 5.45.